The number of amides is 1. The molecule has 0 atom stereocenters. The van der Waals surface area contributed by atoms with Crippen molar-refractivity contribution in [1.29, 1.82) is 0 Å². The highest BCUT2D eigenvalue weighted by atomic mass is 16.1. The summed E-state index contributed by atoms with van der Waals surface area (Å²) in [5.74, 6) is 1.03. The van der Waals surface area contributed by atoms with Crippen LogP contribution in [0.15, 0.2) is 4.99 Å². The summed E-state index contributed by atoms with van der Waals surface area (Å²) >= 11 is 0. The Kier molecular flexibility index (Phi) is 3.28. The van der Waals surface area contributed by atoms with E-state index in [0.29, 0.717) is 11.8 Å². The number of hydrogen-bond acceptors (Lipinski definition) is 2. The molecule has 0 aromatic rings. The fraction of sp³-hybridized carbons (Fsp3) is 0.778. The van der Waals surface area contributed by atoms with Crippen molar-refractivity contribution in [3.8, 4) is 0 Å². The first-order chi connectivity index (χ1) is 6.09. The third-order valence-electron chi connectivity index (χ3n) is 1.85. The normalized spacial score (nSPS) is 17.6. The first-order valence-electron chi connectivity index (χ1n) is 4.68. The maximum Gasteiger partial charge on any atom is 0.241 e. The first-order valence-corrected chi connectivity index (χ1v) is 4.68. The summed E-state index contributed by atoms with van der Waals surface area (Å²) in [7, 11) is 0. The number of amidine groups is 1. The first kappa shape index (κ1) is 10.0. The second-order valence-electron chi connectivity index (χ2n) is 3.74. The second kappa shape index (κ2) is 4.25. The Morgan fingerprint density at radius 2 is 2.23 bits per heavy atom. The van der Waals surface area contributed by atoms with Crippen molar-refractivity contribution in [2.75, 3.05) is 6.54 Å². The summed E-state index contributed by atoms with van der Waals surface area (Å²) in [6.45, 7) is 4.01. The van der Waals surface area contributed by atoms with Gasteiger partial charge >= 0.3 is 0 Å². The van der Waals surface area contributed by atoms with Crippen LogP contribution in [0.1, 0.15) is 26.7 Å². The van der Waals surface area contributed by atoms with Crippen LogP contribution >= 0.6 is 0 Å². The molecule has 1 saturated carbocycles. The van der Waals surface area contributed by atoms with Gasteiger partial charge in [0.2, 0.25) is 5.91 Å². The van der Waals surface area contributed by atoms with Gasteiger partial charge in [-0.25, -0.2) is 0 Å². The monoisotopic (exact) mass is 183 g/mol. The number of hydrogen-bond donors (Lipinski definition) is 2. The molecule has 1 amide bonds. The number of rotatable bonds is 4. The Morgan fingerprint density at radius 1 is 1.62 bits per heavy atom. The van der Waals surface area contributed by atoms with Crippen LogP contribution < -0.4 is 11.1 Å². The molecule has 0 bridgehead atoms. The van der Waals surface area contributed by atoms with Gasteiger partial charge in [-0.3, -0.25) is 9.79 Å². The predicted octanol–water partition coefficient (Wildman–Crippen LogP) is 0.278. The number of nitrogens with zero attached hydrogens (tertiary/aromatic N) is 1. The van der Waals surface area contributed by atoms with Gasteiger partial charge in [0, 0.05) is 12.0 Å². The lowest BCUT2D eigenvalue weighted by Gasteiger charge is -2.06. The highest BCUT2D eigenvalue weighted by Crippen LogP contribution is 2.28. The number of aliphatic imine (C=N–C) groups is 1. The molecule has 4 heteroatoms. The smallest absolute Gasteiger partial charge is 0.241 e. The molecule has 0 aromatic heterocycles. The molecule has 0 heterocycles. The third-order valence-corrected chi connectivity index (χ3v) is 1.85. The zero-order valence-electron chi connectivity index (χ0n) is 8.21. The van der Waals surface area contributed by atoms with E-state index >= 15 is 0 Å². The largest absolute Gasteiger partial charge is 0.387 e. The van der Waals surface area contributed by atoms with Gasteiger partial charge in [0.25, 0.3) is 0 Å². The molecule has 74 valence electrons. The molecular weight excluding hydrogens is 166 g/mol. The van der Waals surface area contributed by atoms with Crippen molar-refractivity contribution in [3.63, 3.8) is 0 Å². The van der Waals surface area contributed by atoms with Crippen molar-refractivity contribution in [1.82, 2.24) is 5.32 Å². The van der Waals surface area contributed by atoms with E-state index in [9.17, 15) is 4.79 Å². The van der Waals surface area contributed by atoms with E-state index < -0.39 is 0 Å². The molecule has 4 nitrogen and oxygen atoms in total. The summed E-state index contributed by atoms with van der Waals surface area (Å²) in [5, 5.41) is 2.76. The lowest BCUT2D eigenvalue weighted by Crippen LogP contribution is -2.32. The van der Waals surface area contributed by atoms with Crippen LogP contribution in [0.2, 0.25) is 0 Å². The molecule has 1 fully saturated rings. The molecule has 1 aliphatic carbocycles. The molecule has 0 aromatic carbocycles. The Morgan fingerprint density at radius 3 is 2.69 bits per heavy atom. The van der Waals surface area contributed by atoms with E-state index in [1.807, 2.05) is 13.8 Å². The van der Waals surface area contributed by atoms with Gasteiger partial charge in [-0.15, -0.1) is 0 Å². The van der Waals surface area contributed by atoms with Gasteiger partial charge in [0.05, 0.1) is 5.84 Å². The van der Waals surface area contributed by atoms with E-state index in [0.717, 1.165) is 12.8 Å². The summed E-state index contributed by atoms with van der Waals surface area (Å²) in [4.78, 5) is 15.1. The molecule has 1 aliphatic rings. The molecule has 1 rings (SSSR count). The van der Waals surface area contributed by atoms with Gasteiger partial charge in [-0.1, -0.05) is 0 Å². The number of carbonyl (C=O) groups is 1. The molecule has 0 spiro atoms. The lowest BCUT2D eigenvalue weighted by atomic mass is 10.4. The maximum atomic E-state index is 11.1. The Hall–Kier alpha value is -1.06. The molecule has 0 saturated heterocycles. The Labute approximate surface area is 78.6 Å². The minimum atomic E-state index is -0.0569. The predicted molar refractivity (Wildman–Crippen MR) is 52.5 cm³/mol. The van der Waals surface area contributed by atoms with Crippen molar-refractivity contribution in [3.05, 3.63) is 0 Å². The highest BCUT2D eigenvalue weighted by Gasteiger charge is 2.25. The van der Waals surface area contributed by atoms with Crippen LogP contribution in [-0.2, 0) is 4.79 Å². The number of nitrogens with one attached hydrogen (secondary N) is 1. The van der Waals surface area contributed by atoms with Crippen LogP contribution in [0, 0.1) is 5.92 Å². The summed E-state index contributed by atoms with van der Waals surface area (Å²) in [6.07, 6.45) is 2.25. The van der Waals surface area contributed by atoms with Crippen molar-refractivity contribution in [2.45, 2.75) is 32.7 Å². The van der Waals surface area contributed by atoms with Crippen LogP contribution in [0.25, 0.3) is 0 Å². The van der Waals surface area contributed by atoms with Gasteiger partial charge in [0.1, 0.15) is 6.54 Å². The maximum absolute atomic E-state index is 11.1. The van der Waals surface area contributed by atoms with Crippen molar-refractivity contribution >= 4 is 11.7 Å². The molecular formula is C9H17N3O. The minimum absolute atomic E-state index is 0.0569. The quantitative estimate of drug-likeness (QED) is 0.485. The summed E-state index contributed by atoms with van der Waals surface area (Å²) in [5.41, 5.74) is 5.63. The van der Waals surface area contributed by atoms with Crippen LogP contribution in [-0.4, -0.2) is 24.3 Å². The van der Waals surface area contributed by atoms with E-state index in [1.165, 1.54) is 0 Å². The van der Waals surface area contributed by atoms with E-state index in [1.54, 1.807) is 0 Å². The summed E-state index contributed by atoms with van der Waals surface area (Å²) < 4.78 is 0. The fourth-order valence-corrected chi connectivity index (χ4v) is 1.04. The number of carbonyl (C=O) groups excluding carboxylic acids is 1. The van der Waals surface area contributed by atoms with Crippen LogP contribution in [0.4, 0.5) is 0 Å². The van der Waals surface area contributed by atoms with E-state index in [4.69, 9.17) is 5.73 Å². The van der Waals surface area contributed by atoms with E-state index in [2.05, 4.69) is 10.3 Å². The Bertz CT molecular complexity index is 219. The summed E-state index contributed by atoms with van der Waals surface area (Å²) in [6, 6.07) is 0.171. The molecule has 3 N–H and O–H groups in total. The second-order valence-corrected chi connectivity index (χ2v) is 3.74. The fourth-order valence-electron chi connectivity index (χ4n) is 1.04. The molecule has 0 unspecified atom stereocenters. The average Bonchev–Trinajstić information content (AvgIpc) is 2.80. The van der Waals surface area contributed by atoms with Crippen molar-refractivity contribution in [2.24, 2.45) is 16.6 Å². The molecule has 0 aliphatic heterocycles. The minimum Gasteiger partial charge on any atom is -0.387 e. The average molecular weight is 183 g/mol. The zero-order valence-corrected chi connectivity index (χ0v) is 8.21. The van der Waals surface area contributed by atoms with E-state index in [-0.39, 0.29) is 18.5 Å². The molecule has 13 heavy (non-hydrogen) atoms. The van der Waals surface area contributed by atoms with Gasteiger partial charge in [-0.05, 0) is 26.7 Å². The van der Waals surface area contributed by atoms with Gasteiger partial charge in [0.15, 0.2) is 0 Å². The van der Waals surface area contributed by atoms with Crippen LogP contribution in [0.5, 0.6) is 0 Å². The molecule has 0 radical (unpaired) electrons. The SMILES string of the molecule is CC(C)NC(=O)CN=C(N)C1CC1. The topological polar surface area (TPSA) is 67.5 Å². The lowest BCUT2D eigenvalue weighted by molar-refractivity contribution is -0.120. The highest BCUT2D eigenvalue weighted by molar-refractivity contribution is 5.88. The van der Waals surface area contributed by atoms with Crippen molar-refractivity contribution < 1.29 is 4.79 Å². The Balaban J connectivity index is 2.23. The zero-order chi connectivity index (χ0) is 9.84. The standard InChI is InChI=1S/C9H17N3O/c1-6(2)12-8(13)5-11-9(10)7-3-4-7/h6-7H,3-5H2,1-2H3,(H2,10,11)(H,12,13). The van der Waals surface area contributed by atoms with Crippen LogP contribution in [0.3, 0.4) is 0 Å². The third kappa shape index (κ3) is 3.92. The van der Waals surface area contributed by atoms with Gasteiger partial charge in [-0.2, -0.15) is 0 Å². The number of nitrogens with two attached hydrogens (primary N) is 1. The van der Waals surface area contributed by atoms with Gasteiger partial charge < -0.3 is 11.1 Å².